The molecule has 2 unspecified atom stereocenters. The van der Waals surface area contributed by atoms with Crippen molar-refractivity contribution in [2.75, 3.05) is 33.7 Å². The van der Waals surface area contributed by atoms with Crippen LogP contribution in [0.25, 0.3) is 0 Å². The van der Waals surface area contributed by atoms with Gasteiger partial charge in [0.15, 0.2) is 0 Å². The Balaban J connectivity index is 3.19. The van der Waals surface area contributed by atoms with Crippen LogP contribution in [-0.2, 0) is 0 Å². The molecule has 0 spiro atoms. The molecule has 0 bridgehead atoms. The maximum absolute atomic E-state index is 9.47. The number of rotatable bonds is 8. The third-order valence-corrected chi connectivity index (χ3v) is 1.93. The molecule has 0 saturated heterocycles. The lowest BCUT2D eigenvalue weighted by Crippen LogP contribution is -2.35. The second-order valence-corrected chi connectivity index (χ2v) is 4.11. The van der Waals surface area contributed by atoms with Crippen molar-refractivity contribution in [3.05, 3.63) is 0 Å². The second kappa shape index (κ2) is 8.17. The van der Waals surface area contributed by atoms with Crippen molar-refractivity contribution < 1.29 is 10.2 Å². The van der Waals surface area contributed by atoms with Gasteiger partial charge in [-0.2, -0.15) is 0 Å². The van der Waals surface area contributed by atoms with E-state index in [1.54, 1.807) is 6.92 Å². The van der Waals surface area contributed by atoms with E-state index in [2.05, 4.69) is 5.32 Å². The van der Waals surface area contributed by atoms with E-state index in [1.165, 1.54) is 0 Å². The first kappa shape index (κ1) is 13.8. The monoisotopic (exact) mass is 204 g/mol. The van der Waals surface area contributed by atoms with Crippen LogP contribution < -0.4 is 5.32 Å². The molecule has 0 aromatic rings. The average molecular weight is 204 g/mol. The molecule has 0 aliphatic rings. The summed E-state index contributed by atoms with van der Waals surface area (Å²) < 4.78 is 0. The highest BCUT2D eigenvalue weighted by Gasteiger charge is 2.04. The number of likely N-dealkylation sites (N-methyl/N-ethyl adjacent to an activating group) is 1. The first-order chi connectivity index (χ1) is 6.52. The molecule has 4 nitrogen and oxygen atoms in total. The molecule has 3 N–H and O–H groups in total. The molecule has 0 aliphatic heterocycles. The Hall–Kier alpha value is -0.160. The van der Waals surface area contributed by atoms with Crippen molar-refractivity contribution in [2.24, 2.45) is 0 Å². The van der Waals surface area contributed by atoms with Crippen molar-refractivity contribution in [1.29, 1.82) is 0 Å². The van der Waals surface area contributed by atoms with Gasteiger partial charge in [0.2, 0.25) is 0 Å². The summed E-state index contributed by atoms with van der Waals surface area (Å²) in [6.07, 6.45) is 1.24. The minimum absolute atomic E-state index is 0.219. The summed E-state index contributed by atoms with van der Waals surface area (Å²) in [5.41, 5.74) is 0. The van der Waals surface area contributed by atoms with Gasteiger partial charge in [0.05, 0.1) is 12.2 Å². The Morgan fingerprint density at radius 3 is 2.43 bits per heavy atom. The van der Waals surface area contributed by atoms with Gasteiger partial charge in [0.1, 0.15) is 0 Å². The lowest BCUT2D eigenvalue weighted by Gasteiger charge is -2.16. The molecule has 86 valence electrons. The molecule has 14 heavy (non-hydrogen) atoms. The molecule has 0 saturated carbocycles. The van der Waals surface area contributed by atoms with Crippen molar-refractivity contribution in [3.8, 4) is 0 Å². The van der Waals surface area contributed by atoms with Gasteiger partial charge in [-0.1, -0.05) is 0 Å². The van der Waals surface area contributed by atoms with Crippen LogP contribution in [0.1, 0.15) is 19.8 Å². The first-order valence-corrected chi connectivity index (χ1v) is 5.24. The minimum atomic E-state index is -0.309. The van der Waals surface area contributed by atoms with Crippen LogP contribution in [0.5, 0.6) is 0 Å². The zero-order valence-corrected chi connectivity index (χ0v) is 9.53. The van der Waals surface area contributed by atoms with Gasteiger partial charge in [-0.05, 0) is 40.4 Å². The average Bonchev–Trinajstić information content (AvgIpc) is 2.01. The Bertz CT molecular complexity index is 129. The maximum Gasteiger partial charge on any atom is 0.0791 e. The van der Waals surface area contributed by atoms with Gasteiger partial charge in [-0.3, -0.25) is 0 Å². The summed E-state index contributed by atoms with van der Waals surface area (Å²) in [7, 11) is 3.88. The number of aliphatic hydroxyl groups excluding tert-OH is 2. The molecular formula is C10H24N2O2. The van der Waals surface area contributed by atoms with E-state index in [1.807, 2.05) is 19.0 Å². The fraction of sp³-hybridized carbons (Fsp3) is 1.00. The van der Waals surface area contributed by atoms with Crippen LogP contribution in [-0.4, -0.2) is 61.1 Å². The molecule has 0 aliphatic carbocycles. The number of nitrogens with one attached hydrogen (secondary N) is 1. The maximum atomic E-state index is 9.47. The summed E-state index contributed by atoms with van der Waals surface area (Å²) in [5, 5.41) is 21.6. The van der Waals surface area contributed by atoms with Crippen molar-refractivity contribution >= 4 is 0 Å². The zero-order valence-electron chi connectivity index (χ0n) is 9.53. The van der Waals surface area contributed by atoms with Gasteiger partial charge in [-0.25, -0.2) is 0 Å². The summed E-state index contributed by atoms with van der Waals surface area (Å²) in [4.78, 5) is 1.96. The Kier molecular flexibility index (Phi) is 8.08. The SMILES string of the molecule is CC(O)CCCNCC(O)CN(C)C. The van der Waals surface area contributed by atoms with E-state index in [0.29, 0.717) is 13.1 Å². The normalized spacial score (nSPS) is 15.9. The summed E-state index contributed by atoms with van der Waals surface area (Å²) in [5.74, 6) is 0. The quantitative estimate of drug-likeness (QED) is 0.473. The molecule has 0 radical (unpaired) electrons. The van der Waals surface area contributed by atoms with Crippen molar-refractivity contribution in [2.45, 2.75) is 32.0 Å². The number of hydrogen-bond acceptors (Lipinski definition) is 4. The molecule has 0 fully saturated rings. The topological polar surface area (TPSA) is 55.7 Å². The van der Waals surface area contributed by atoms with Crippen LogP contribution >= 0.6 is 0 Å². The van der Waals surface area contributed by atoms with Crippen molar-refractivity contribution in [3.63, 3.8) is 0 Å². The van der Waals surface area contributed by atoms with Crippen LogP contribution in [0, 0.1) is 0 Å². The number of aliphatic hydroxyl groups is 2. The summed E-state index contributed by atoms with van der Waals surface area (Å²) >= 11 is 0. The van der Waals surface area contributed by atoms with Crippen LogP contribution in [0.15, 0.2) is 0 Å². The van der Waals surface area contributed by atoms with Gasteiger partial charge in [0.25, 0.3) is 0 Å². The van der Waals surface area contributed by atoms with E-state index in [9.17, 15) is 5.11 Å². The predicted molar refractivity (Wildman–Crippen MR) is 58.3 cm³/mol. The van der Waals surface area contributed by atoms with Crippen LogP contribution in [0.3, 0.4) is 0 Å². The summed E-state index contributed by atoms with van der Waals surface area (Å²) in [6.45, 7) is 3.96. The largest absolute Gasteiger partial charge is 0.393 e. The Morgan fingerprint density at radius 1 is 1.29 bits per heavy atom. The Morgan fingerprint density at radius 2 is 1.93 bits per heavy atom. The molecule has 0 amide bonds. The van der Waals surface area contributed by atoms with Gasteiger partial charge in [-0.15, -0.1) is 0 Å². The third kappa shape index (κ3) is 9.92. The highest BCUT2D eigenvalue weighted by molar-refractivity contribution is 4.62. The van der Waals surface area contributed by atoms with Crippen LogP contribution in [0.4, 0.5) is 0 Å². The number of nitrogens with zero attached hydrogens (tertiary/aromatic N) is 1. The van der Waals surface area contributed by atoms with E-state index < -0.39 is 0 Å². The van der Waals surface area contributed by atoms with E-state index in [0.717, 1.165) is 19.4 Å². The highest BCUT2D eigenvalue weighted by Crippen LogP contribution is 1.93. The molecule has 0 rings (SSSR count). The van der Waals surface area contributed by atoms with E-state index >= 15 is 0 Å². The highest BCUT2D eigenvalue weighted by atomic mass is 16.3. The smallest absolute Gasteiger partial charge is 0.0791 e. The molecule has 0 heterocycles. The third-order valence-electron chi connectivity index (χ3n) is 1.93. The molecule has 0 aromatic heterocycles. The summed E-state index contributed by atoms with van der Waals surface area (Å²) in [6, 6.07) is 0. The standard InChI is InChI=1S/C10H24N2O2/c1-9(13)5-4-6-11-7-10(14)8-12(2)3/h9-11,13-14H,4-8H2,1-3H3. The van der Waals surface area contributed by atoms with Gasteiger partial charge in [0, 0.05) is 13.1 Å². The van der Waals surface area contributed by atoms with E-state index in [-0.39, 0.29) is 12.2 Å². The number of hydrogen-bond donors (Lipinski definition) is 3. The van der Waals surface area contributed by atoms with Gasteiger partial charge >= 0.3 is 0 Å². The van der Waals surface area contributed by atoms with Crippen LogP contribution in [0.2, 0.25) is 0 Å². The fourth-order valence-corrected chi connectivity index (χ4v) is 1.28. The fourth-order valence-electron chi connectivity index (χ4n) is 1.28. The zero-order chi connectivity index (χ0) is 11.0. The predicted octanol–water partition coefficient (Wildman–Crippen LogP) is -0.340. The molecule has 4 heteroatoms. The Labute approximate surface area is 86.9 Å². The lowest BCUT2D eigenvalue weighted by molar-refractivity contribution is 0.134. The molecular weight excluding hydrogens is 180 g/mol. The minimum Gasteiger partial charge on any atom is -0.393 e. The molecule has 2 atom stereocenters. The second-order valence-electron chi connectivity index (χ2n) is 4.11. The lowest BCUT2D eigenvalue weighted by atomic mass is 10.2. The van der Waals surface area contributed by atoms with E-state index in [4.69, 9.17) is 5.11 Å². The molecule has 0 aromatic carbocycles. The first-order valence-electron chi connectivity index (χ1n) is 5.24. The van der Waals surface area contributed by atoms with Crippen molar-refractivity contribution in [1.82, 2.24) is 10.2 Å². The van der Waals surface area contributed by atoms with Gasteiger partial charge < -0.3 is 20.4 Å².